The van der Waals surface area contributed by atoms with Crippen molar-refractivity contribution in [3.05, 3.63) is 0 Å². The number of nitrogens with one attached hydrogen (secondary N) is 1. The molecule has 0 radical (unpaired) electrons. The van der Waals surface area contributed by atoms with Crippen molar-refractivity contribution in [1.82, 2.24) is 5.32 Å². The Bertz CT molecular complexity index is 300. The smallest absolute Gasteiger partial charge is 0.150 e. The van der Waals surface area contributed by atoms with Crippen LogP contribution >= 0.6 is 0 Å². The molecule has 3 nitrogen and oxygen atoms in total. The maximum absolute atomic E-state index is 11.3. The number of rotatable bonds is 5. The van der Waals surface area contributed by atoms with Crippen LogP contribution in [0.5, 0.6) is 0 Å². The van der Waals surface area contributed by atoms with E-state index >= 15 is 0 Å². The summed E-state index contributed by atoms with van der Waals surface area (Å²) in [5.41, 5.74) is 0. The molecule has 0 aromatic heterocycles. The first-order valence-electron chi connectivity index (χ1n) is 6.75. The Kier molecular flexibility index (Phi) is 5.45. The Morgan fingerprint density at radius 1 is 1.06 bits per heavy atom. The SMILES string of the molecule is CC(C)C(CNC1CCS(=O)(=O)CC1)C(C)C. The molecule has 0 spiro atoms. The maximum atomic E-state index is 11.3. The molecule has 0 aromatic carbocycles. The third kappa shape index (κ3) is 4.96. The van der Waals surface area contributed by atoms with E-state index in [0.29, 0.717) is 35.3 Å². The largest absolute Gasteiger partial charge is 0.314 e. The lowest BCUT2D eigenvalue weighted by molar-refractivity contribution is 0.262. The fourth-order valence-electron chi connectivity index (χ4n) is 2.64. The van der Waals surface area contributed by atoms with E-state index in [0.717, 1.165) is 19.4 Å². The van der Waals surface area contributed by atoms with Gasteiger partial charge in [0.25, 0.3) is 0 Å². The summed E-state index contributed by atoms with van der Waals surface area (Å²) in [6, 6.07) is 0.401. The van der Waals surface area contributed by atoms with Crippen molar-refractivity contribution in [1.29, 1.82) is 0 Å². The molecule has 0 aliphatic carbocycles. The Morgan fingerprint density at radius 2 is 1.53 bits per heavy atom. The summed E-state index contributed by atoms with van der Waals surface area (Å²) in [4.78, 5) is 0. The number of hydrogen-bond acceptors (Lipinski definition) is 3. The molecular formula is C13H27NO2S. The first-order valence-corrected chi connectivity index (χ1v) is 8.58. The molecule has 1 aliphatic rings. The van der Waals surface area contributed by atoms with Crippen LogP contribution in [0.2, 0.25) is 0 Å². The molecule has 0 unspecified atom stereocenters. The third-order valence-electron chi connectivity index (χ3n) is 3.91. The van der Waals surface area contributed by atoms with Crippen molar-refractivity contribution < 1.29 is 8.42 Å². The summed E-state index contributed by atoms with van der Waals surface area (Å²) in [6.07, 6.45) is 1.57. The Balaban J connectivity index is 2.36. The molecule has 1 aliphatic heterocycles. The van der Waals surface area contributed by atoms with Gasteiger partial charge in [0.1, 0.15) is 9.84 Å². The molecule has 1 rings (SSSR count). The van der Waals surface area contributed by atoms with Crippen molar-refractivity contribution in [2.75, 3.05) is 18.1 Å². The first-order chi connectivity index (χ1) is 7.82. The van der Waals surface area contributed by atoms with Gasteiger partial charge in [-0.2, -0.15) is 0 Å². The zero-order chi connectivity index (χ0) is 13.1. The molecule has 1 N–H and O–H groups in total. The normalized spacial score (nSPS) is 21.6. The monoisotopic (exact) mass is 261 g/mol. The van der Waals surface area contributed by atoms with E-state index in [1.807, 2.05) is 0 Å². The van der Waals surface area contributed by atoms with Gasteiger partial charge in [0, 0.05) is 6.04 Å². The van der Waals surface area contributed by atoms with E-state index in [1.165, 1.54) is 0 Å². The summed E-state index contributed by atoms with van der Waals surface area (Å²) >= 11 is 0. The summed E-state index contributed by atoms with van der Waals surface area (Å²) in [5.74, 6) is 2.75. The van der Waals surface area contributed by atoms with Crippen LogP contribution in [0.4, 0.5) is 0 Å². The minimum Gasteiger partial charge on any atom is -0.314 e. The van der Waals surface area contributed by atoms with Gasteiger partial charge in [0.2, 0.25) is 0 Å². The fraction of sp³-hybridized carbons (Fsp3) is 1.00. The van der Waals surface area contributed by atoms with Gasteiger partial charge >= 0.3 is 0 Å². The van der Waals surface area contributed by atoms with Crippen molar-refractivity contribution in [2.45, 2.75) is 46.6 Å². The molecule has 4 heteroatoms. The standard InChI is InChI=1S/C13H27NO2S/c1-10(2)13(11(3)4)9-14-12-5-7-17(15,16)8-6-12/h10-14H,5-9H2,1-4H3. The zero-order valence-electron chi connectivity index (χ0n) is 11.6. The molecule has 1 saturated heterocycles. The van der Waals surface area contributed by atoms with E-state index in [2.05, 4.69) is 33.0 Å². The van der Waals surface area contributed by atoms with E-state index < -0.39 is 9.84 Å². The molecule has 17 heavy (non-hydrogen) atoms. The van der Waals surface area contributed by atoms with Crippen LogP contribution in [0.15, 0.2) is 0 Å². The Labute approximate surface area is 106 Å². The van der Waals surface area contributed by atoms with Crippen LogP contribution in [0.1, 0.15) is 40.5 Å². The summed E-state index contributed by atoms with van der Waals surface area (Å²) in [7, 11) is -2.73. The lowest BCUT2D eigenvalue weighted by atomic mass is 9.85. The van der Waals surface area contributed by atoms with E-state index in [4.69, 9.17) is 0 Å². The molecule has 102 valence electrons. The second-order valence-electron chi connectivity index (χ2n) is 5.99. The molecule has 1 heterocycles. The highest BCUT2D eigenvalue weighted by molar-refractivity contribution is 7.91. The highest BCUT2D eigenvalue weighted by Gasteiger charge is 2.25. The van der Waals surface area contributed by atoms with Gasteiger partial charge < -0.3 is 5.32 Å². The van der Waals surface area contributed by atoms with Crippen molar-refractivity contribution in [3.63, 3.8) is 0 Å². The topological polar surface area (TPSA) is 46.2 Å². The Hall–Kier alpha value is -0.0900. The molecular weight excluding hydrogens is 234 g/mol. The molecule has 0 atom stereocenters. The highest BCUT2D eigenvalue weighted by atomic mass is 32.2. The Morgan fingerprint density at radius 3 is 1.94 bits per heavy atom. The van der Waals surface area contributed by atoms with Crippen molar-refractivity contribution in [2.24, 2.45) is 17.8 Å². The van der Waals surface area contributed by atoms with Crippen LogP contribution in [0.25, 0.3) is 0 Å². The highest BCUT2D eigenvalue weighted by Crippen LogP contribution is 2.20. The van der Waals surface area contributed by atoms with Crippen molar-refractivity contribution >= 4 is 9.84 Å². The van der Waals surface area contributed by atoms with Gasteiger partial charge in [-0.3, -0.25) is 0 Å². The predicted molar refractivity (Wildman–Crippen MR) is 72.8 cm³/mol. The molecule has 0 amide bonds. The van der Waals surface area contributed by atoms with Gasteiger partial charge in [0.15, 0.2) is 0 Å². The molecule has 0 aromatic rings. The zero-order valence-corrected chi connectivity index (χ0v) is 12.4. The van der Waals surface area contributed by atoms with E-state index in [9.17, 15) is 8.42 Å². The maximum Gasteiger partial charge on any atom is 0.150 e. The molecule has 0 bridgehead atoms. The van der Waals surface area contributed by atoms with Gasteiger partial charge in [-0.15, -0.1) is 0 Å². The van der Waals surface area contributed by atoms with Crippen LogP contribution in [-0.2, 0) is 9.84 Å². The van der Waals surface area contributed by atoms with Gasteiger partial charge in [0.05, 0.1) is 11.5 Å². The molecule has 1 fully saturated rings. The van der Waals surface area contributed by atoms with Crippen LogP contribution in [-0.4, -0.2) is 32.5 Å². The van der Waals surface area contributed by atoms with Crippen LogP contribution in [0, 0.1) is 17.8 Å². The second kappa shape index (κ2) is 6.19. The van der Waals surface area contributed by atoms with Gasteiger partial charge in [-0.05, 0) is 37.1 Å². The minimum atomic E-state index is -2.73. The van der Waals surface area contributed by atoms with E-state index in [1.54, 1.807) is 0 Å². The second-order valence-corrected chi connectivity index (χ2v) is 8.29. The summed E-state index contributed by atoms with van der Waals surface area (Å²) < 4.78 is 22.6. The van der Waals surface area contributed by atoms with Gasteiger partial charge in [-0.1, -0.05) is 27.7 Å². The van der Waals surface area contributed by atoms with E-state index in [-0.39, 0.29) is 0 Å². The van der Waals surface area contributed by atoms with Crippen molar-refractivity contribution in [3.8, 4) is 0 Å². The summed E-state index contributed by atoms with van der Waals surface area (Å²) in [6.45, 7) is 10.1. The lowest BCUT2D eigenvalue weighted by Crippen LogP contribution is -2.41. The number of hydrogen-bond donors (Lipinski definition) is 1. The lowest BCUT2D eigenvalue weighted by Gasteiger charge is -2.29. The van der Waals surface area contributed by atoms with Crippen LogP contribution in [0.3, 0.4) is 0 Å². The average molecular weight is 261 g/mol. The summed E-state index contributed by atoms with van der Waals surface area (Å²) in [5, 5.41) is 3.56. The first kappa shape index (κ1) is 15.0. The fourth-order valence-corrected chi connectivity index (χ4v) is 4.13. The van der Waals surface area contributed by atoms with Gasteiger partial charge in [-0.25, -0.2) is 8.42 Å². The number of sulfone groups is 1. The minimum absolute atomic E-state index is 0.360. The quantitative estimate of drug-likeness (QED) is 0.824. The average Bonchev–Trinajstić information content (AvgIpc) is 2.19. The third-order valence-corrected chi connectivity index (χ3v) is 5.62. The molecule has 0 saturated carbocycles. The predicted octanol–water partition coefficient (Wildman–Crippen LogP) is 2.08. The van der Waals surface area contributed by atoms with Crippen LogP contribution < -0.4 is 5.32 Å².